The molecule has 0 aliphatic carbocycles. The van der Waals surface area contributed by atoms with Crippen LogP contribution in [0, 0.1) is 5.92 Å². The molecule has 1 aromatic heterocycles. The molecular formula is C26H35N5O3. The van der Waals surface area contributed by atoms with Crippen LogP contribution in [0.3, 0.4) is 0 Å². The minimum Gasteiger partial charge on any atom is -0.383 e. The first kappa shape index (κ1) is 25.1. The third-order valence-electron chi connectivity index (χ3n) is 6.00. The van der Waals surface area contributed by atoms with Gasteiger partial charge in [-0.2, -0.15) is 0 Å². The van der Waals surface area contributed by atoms with Crippen molar-refractivity contribution < 1.29 is 4.79 Å². The summed E-state index contributed by atoms with van der Waals surface area (Å²) >= 11 is 0. The van der Waals surface area contributed by atoms with Gasteiger partial charge in [0.2, 0.25) is 5.91 Å². The van der Waals surface area contributed by atoms with Crippen LogP contribution < -0.4 is 26.8 Å². The van der Waals surface area contributed by atoms with Gasteiger partial charge in [-0.15, -0.1) is 0 Å². The zero-order valence-corrected chi connectivity index (χ0v) is 20.5. The number of likely N-dealkylation sites (N-methyl/N-ethyl adjacent to an activating group) is 1. The smallest absolute Gasteiger partial charge is 0.330 e. The van der Waals surface area contributed by atoms with Gasteiger partial charge in [-0.1, -0.05) is 57.5 Å². The Hall–Kier alpha value is -3.55. The first-order valence-electron chi connectivity index (χ1n) is 11.9. The molecule has 3 aromatic rings. The zero-order valence-electron chi connectivity index (χ0n) is 20.5. The highest BCUT2D eigenvalue weighted by Gasteiger charge is 2.25. The van der Waals surface area contributed by atoms with Crippen LogP contribution in [0.4, 0.5) is 17.2 Å². The van der Waals surface area contributed by atoms with Crippen LogP contribution in [0.1, 0.15) is 40.0 Å². The fourth-order valence-electron chi connectivity index (χ4n) is 3.92. The number of carbonyl (C=O) groups is 1. The van der Waals surface area contributed by atoms with Crippen molar-refractivity contribution in [2.24, 2.45) is 5.92 Å². The summed E-state index contributed by atoms with van der Waals surface area (Å²) in [6.07, 6.45) is 2.30. The fourth-order valence-corrected chi connectivity index (χ4v) is 3.92. The topological polar surface area (TPSA) is 104 Å². The summed E-state index contributed by atoms with van der Waals surface area (Å²) < 4.78 is 1.35. The molecule has 34 heavy (non-hydrogen) atoms. The monoisotopic (exact) mass is 465 g/mol. The molecule has 0 radical (unpaired) electrons. The number of fused-ring (bicyclic) bond motifs is 1. The Morgan fingerprint density at radius 3 is 2.50 bits per heavy atom. The summed E-state index contributed by atoms with van der Waals surface area (Å²) in [5, 5.41) is 2.21. The molecule has 0 unspecified atom stereocenters. The third kappa shape index (κ3) is 5.68. The van der Waals surface area contributed by atoms with E-state index < -0.39 is 11.2 Å². The summed E-state index contributed by atoms with van der Waals surface area (Å²) in [7, 11) is 1.85. The second-order valence-corrected chi connectivity index (χ2v) is 9.11. The molecule has 182 valence electrons. The van der Waals surface area contributed by atoms with Gasteiger partial charge in [0.05, 0.1) is 6.54 Å². The Balaban J connectivity index is 1.94. The lowest BCUT2D eigenvalue weighted by atomic mass is 10.1. The van der Waals surface area contributed by atoms with Gasteiger partial charge in [0, 0.05) is 25.8 Å². The number of nitrogen functional groups attached to an aromatic ring is 1. The molecule has 0 aliphatic rings. The van der Waals surface area contributed by atoms with Crippen LogP contribution >= 0.6 is 0 Å². The van der Waals surface area contributed by atoms with Gasteiger partial charge in [0.25, 0.3) is 5.56 Å². The van der Waals surface area contributed by atoms with Crippen molar-refractivity contribution in [1.29, 1.82) is 0 Å². The van der Waals surface area contributed by atoms with Crippen LogP contribution in [0.5, 0.6) is 0 Å². The summed E-state index contributed by atoms with van der Waals surface area (Å²) in [6, 6.07) is 14.1. The number of hydrogen-bond donors (Lipinski definition) is 2. The highest BCUT2D eigenvalue weighted by molar-refractivity contribution is 5.98. The highest BCUT2D eigenvalue weighted by atomic mass is 16.2. The average Bonchev–Trinajstić information content (AvgIpc) is 2.80. The largest absolute Gasteiger partial charge is 0.383 e. The van der Waals surface area contributed by atoms with Crippen molar-refractivity contribution in [3.05, 3.63) is 63.3 Å². The molecule has 3 rings (SSSR count). The van der Waals surface area contributed by atoms with Gasteiger partial charge in [-0.25, -0.2) is 4.79 Å². The first-order valence-corrected chi connectivity index (χ1v) is 11.9. The number of aromatic nitrogens is 2. The summed E-state index contributed by atoms with van der Waals surface area (Å²) in [4.78, 5) is 44.3. The number of amides is 1. The van der Waals surface area contributed by atoms with Crippen molar-refractivity contribution in [3.63, 3.8) is 0 Å². The van der Waals surface area contributed by atoms with E-state index in [1.807, 2.05) is 61.3 Å². The molecule has 3 N–H and O–H groups in total. The molecule has 0 aliphatic heterocycles. The minimum absolute atomic E-state index is 0.0349. The molecule has 8 nitrogen and oxygen atoms in total. The molecule has 2 aromatic carbocycles. The number of carbonyl (C=O) groups excluding carboxylic acids is 1. The Morgan fingerprint density at radius 1 is 1.12 bits per heavy atom. The lowest BCUT2D eigenvalue weighted by Crippen LogP contribution is -2.45. The minimum atomic E-state index is -0.638. The van der Waals surface area contributed by atoms with Gasteiger partial charge >= 0.3 is 5.69 Å². The first-order chi connectivity index (χ1) is 16.2. The van der Waals surface area contributed by atoms with Crippen molar-refractivity contribution >= 4 is 33.9 Å². The van der Waals surface area contributed by atoms with E-state index in [9.17, 15) is 14.4 Å². The SMILES string of the molecule is CCCCn1c(N)c(N(CCC(C)C)C(=O)CN(C)c2ccc3ccccc3c2)c(=O)[nH]c1=O. The number of hydrogen-bond acceptors (Lipinski definition) is 5. The molecule has 0 saturated heterocycles. The van der Waals surface area contributed by atoms with Crippen LogP contribution in [0.25, 0.3) is 10.8 Å². The van der Waals surface area contributed by atoms with E-state index >= 15 is 0 Å². The van der Waals surface area contributed by atoms with Crippen molar-refractivity contribution in [2.75, 3.05) is 35.7 Å². The fraction of sp³-hybridized carbons (Fsp3) is 0.423. The molecule has 0 fully saturated rings. The summed E-state index contributed by atoms with van der Waals surface area (Å²) in [6.45, 7) is 6.90. The molecule has 0 saturated carbocycles. The van der Waals surface area contributed by atoms with Crippen LogP contribution in [0.2, 0.25) is 0 Å². The number of benzene rings is 2. The number of unbranched alkanes of at least 4 members (excludes halogenated alkanes) is 1. The Labute approximate surface area is 200 Å². The van der Waals surface area contributed by atoms with Gasteiger partial charge in [-0.05, 0) is 41.7 Å². The lowest BCUT2D eigenvalue weighted by molar-refractivity contribution is -0.117. The highest BCUT2D eigenvalue weighted by Crippen LogP contribution is 2.23. The second-order valence-electron chi connectivity index (χ2n) is 9.11. The predicted octanol–water partition coefficient (Wildman–Crippen LogP) is 3.59. The summed E-state index contributed by atoms with van der Waals surface area (Å²) in [5.74, 6) is 0.0988. The number of rotatable bonds is 10. The van der Waals surface area contributed by atoms with E-state index in [1.54, 1.807) is 0 Å². The molecule has 1 amide bonds. The van der Waals surface area contributed by atoms with E-state index in [1.165, 1.54) is 9.47 Å². The van der Waals surface area contributed by atoms with Crippen LogP contribution in [-0.4, -0.2) is 35.6 Å². The number of aromatic amines is 1. The zero-order chi connectivity index (χ0) is 24.8. The lowest BCUT2D eigenvalue weighted by Gasteiger charge is -2.28. The quantitative estimate of drug-likeness (QED) is 0.476. The molecule has 0 bridgehead atoms. The van der Waals surface area contributed by atoms with E-state index in [0.29, 0.717) is 25.4 Å². The van der Waals surface area contributed by atoms with E-state index in [2.05, 4.69) is 18.8 Å². The number of nitrogens with zero attached hydrogens (tertiary/aromatic N) is 3. The van der Waals surface area contributed by atoms with Crippen LogP contribution in [-0.2, 0) is 11.3 Å². The van der Waals surface area contributed by atoms with Gasteiger partial charge in [0.1, 0.15) is 5.82 Å². The second kappa shape index (κ2) is 11.0. The number of nitrogens with two attached hydrogens (primary N) is 1. The maximum absolute atomic E-state index is 13.5. The van der Waals surface area contributed by atoms with E-state index in [-0.39, 0.29) is 24.0 Å². The van der Waals surface area contributed by atoms with E-state index in [4.69, 9.17) is 5.73 Å². The third-order valence-corrected chi connectivity index (χ3v) is 6.00. The maximum Gasteiger partial charge on any atom is 0.330 e. The van der Waals surface area contributed by atoms with E-state index in [0.717, 1.165) is 29.3 Å². The summed E-state index contributed by atoms with van der Waals surface area (Å²) in [5.41, 5.74) is 6.06. The Kier molecular flexibility index (Phi) is 8.15. The maximum atomic E-state index is 13.5. The van der Waals surface area contributed by atoms with Gasteiger partial charge < -0.3 is 15.5 Å². The Bertz CT molecular complexity index is 1260. The van der Waals surface area contributed by atoms with Gasteiger partial charge in [-0.3, -0.25) is 19.1 Å². The van der Waals surface area contributed by atoms with Crippen molar-refractivity contribution in [3.8, 4) is 0 Å². The molecule has 8 heteroatoms. The molecule has 1 heterocycles. The number of nitrogens with one attached hydrogen (secondary N) is 1. The van der Waals surface area contributed by atoms with Crippen molar-refractivity contribution in [1.82, 2.24) is 9.55 Å². The van der Waals surface area contributed by atoms with Crippen LogP contribution in [0.15, 0.2) is 52.1 Å². The molecule has 0 spiro atoms. The average molecular weight is 466 g/mol. The predicted molar refractivity (Wildman–Crippen MR) is 140 cm³/mol. The molecule has 0 atom stereocenters. The number of H-pyrrole nitrogens is 1. The van der Waals surface area contributed by atoms with Crippen molar-refractivity contribution in [2.45, 2.75) is 46.6 Å². The number of anilines is 3. The van der Waals surface area contributed by atoms with Gasteiger partial charge in [0.15, 0.2) is 5.69 Å². The standard InChI is InChI=1S/C26H35N5O3/c1-5-6-14-31-24(27)23(25(33)28-26(31)34)30(15-13-18(2)3)22(32)17-29(4)21-12-11-19-9-7-8-10-20(19)16-21/h7-12,16,18H,5-6,13-15,17,27H2,1-4H3,(H,28,33,34). The molecular weight excluding hydrogens is 430 g/mol. The normalized spacial score (nSPS) is 11.2. The Morgan fingerprint density at radius 2 is 1.82 bits per heavy atom.